The van der Waals surface area contributed by atoms with Gasteiger partial charge in [-0.1, -0.05) is 13.0 Å². The van der Waals surface area contributed by atoms with Gasteiger partial charge in [0.05, 0.1) is 6.61 Å². The van der Waals surface area contributed by atoms with Gasteiger partial charge in [0.2, 0.25) is 5.88 Å². The van der Waals surface area contributed by atoms with Crippen LogP contribution in [0.25, 0.3) is 0 Å². The van der Waals surface area contributed by atoms with Gasteiger partial charge in [0.1, 0.15) is 6.61 Å². The van der Waals surface area contributed by atoms with E-state index in [9.17, 15) is 0 Å². The Morgan fingerprint density at radius 2 is 2.20 bits per heavy atom. The molecular weight excluding hydrogens is 256 g/mol. The zero-order valence-electron chi connectivity index (χ0n) is 12.5. The molecule has 0 aliphatic carbocycles. The molecule has 0 fully saturated rings. The predicted molar refractivity (Wildman–Crippen MR) is 80.1 cm³/mol. The summed E-state index contributed by atoms with van der Waals surface area (Å²) in [5.41, 5.74) is 0.989. The lowest BCUT2D eigenvalue weighted by Gasteiger charge is -2.13. The number of methoxy groups -OCH3 is 1. The van der Waals surface area contributed by atoms with Crippen molar-refractivity contribution in [3.05, 3.63) is 23.9 Å². The first-order valence-corrected chi connectivity index (χ1v) is 6.82. The van der Waals surface area contributed by atoms with E-state index in [2.05, 4.69) is 27.5 Å². The quantitative estimate of drug-likeness (QED) is 0.425. The third-order valence-electron chi connectivity index (χ3n) is 2.59. The molecule has 1 aromatic heterocycles. The number of nitrogens with one attached hydrogen (secondary N) is 2. The van der Waals surface area contributed by atoms with Crippen LogP contribution in [0.15, 0.2) is 23.3 Å². The molecule has 1 rings (SSSR count). The maximum Gasteiger partial charge on any atom is 0.218 e. The molecule has 0 saturated heterocycles. The first kappa shape index (κ1) is 16.2. The number of aliphatic imine (C=N–C) groups is 1. The van der Waals surface area contributed by atoms with Crippen molar-refractivity contribution in [3.63, 3.8) is 0 Å². The second kappa shape index (κ2) is 10.0. The van der Waals surface area contributed by atoms with E-state index in [1.54, 1.807) is 20.4 Å². The van der Waals surface area contributed by atoms with Crippen LogP contribution in [0.2, 0.25) is 0 Å². The number of hydrogen-bond donors (Lipinski definition) is 2. The molecule has 6 nitrogen and oxygen atoms in total. The van der Waals surface area contributed by atoms with Crippen LogP contribution in [0, 0.1) is 0 Å². The van der Waals surface area contributed by atoms with Crippen molar-refractivity contribution >= 4 is 5.96 Å². The van der Waals surface area contributed by atoms with Crippen molar-refractivity contribution in [3.8, 4) is 5.88 Å². The van der Waals surface area contributed by atoms with Crippen LogP contribution in [0.4, 0.5) is 0 Å². The lowest BCUT2D eigenvalue weighted by atomic mass is 10.2. The van der Waals surface area contributed by atoms with Gasteiger partial charge in [0, 0.05) is 39.0 Å². The van der Waals surface area contributed by atoms with Gasteiger partial charge in [0.25, 0.3) is 0 Å². The Bertz CT molecular complexity index is 410. The number of rotatable bonds is 8. The Morgan fingerprint density at radius 1 is 1.35 bits per heavy atom. The molecular formula is C14H24N4O2. The van der Waals surface area contributed by atoms with E-state index in [1.165, 1.54) is 0 Å². The summed E-state index contributed by atoms with van der Waals surface area (Å²) < 4.78 is 10.6. The molecule has 112 valence electrons. The molecule has 1 aromatic rings. The minimum absolute atomic E-state index is 0.489. The zero-order valence-corrected chi connectivity index (χ0v) is 12.5. The fourth-order valence-corrected chi connectivity index (χ4v) is 1.55. The SMILES string of the molecule is CCCNC(=NC)NCc1cccnc1OCCOC. The van der Waals surface area contributed by atoms with Crippen LogP contribution >= 0.6 is 0 Å². The Labute approximate surface area is 120 Å². The highest BCUT2D eigenvalue weighted by atomic mass is 16.5. The van der Waals surface area contributed by atoms with E-state index in [0.717, 1.165) is 24.5 Å². The second-order valence-corrected chi connectivity index (χ2v) is 4.16. The van der Waals surface area contributed by atoms with Crippen LogP contribution in [0.1, 0.15) is 18.9 Å². The summed E-state index contributed by atoms with van der Waals surface area (Å²) in [6.45, 7) is 4.65. The summed E-state index contributed by atoms with van der Waals surface area (Å²) in [5, 5.41) is 6.46. The van der Waals surface area contributed by atoms with E-state index in [1.807, 2.05) is 12.1 Å². The second-order valence-electron chi connectivity index (χ2n) is 4.16. The van der Waals surface area contributed by atoms with Gasteiger partial charge in [-0.3, -0.25) is 4.99 Å². The standard InChI is InChI=1S/C14H24N4O2/c1-4-7-17-14(15-2)18-11-12-6-5-8-16-13(12)20-10-9-19-3/h5-6,8H,4,7,9-11H2,1-3H3,(H2,15,17,18). The van der Waals surface area contributed by atoms with E-state index < -0.39 is 0 Å². The number of nitrogens with zero attached hydrogens (tertiary/aromatic N) is 2. The van der Waals surface area contributed by atoms with Crippen LogP contribution in [0.3, 0.4) is 0 Å². The highest BCUT2D eigenvalue weighted by Gasteiger charge is 2.05. The maximum absolute atomic E-state index is 5.59. The number of guanidine groups is 1. The summed E-state index contributed by atoms with van der Waals surface area (Å²) in [4.78, 5) is 8.40. The predicted octanol–water partition coefficient (Wildman–Crippen LogP) is 1.18. The molecule has 0 saturated carbocycles. The van der Waals surface area contributed by atoms with Gasteiger partial charge in [-0.2, -0.15) is 0 Å². The van der Waals surface area contributed by atoms with Crippen molar-refractivity contribution in [2.75, 3.05) is 33.9 Å². The third-order valence-corrected chi connectivity index (χ3v) is 2.59. The van der Waals surface area contributed by atoms with E-state index >= 15 is 0 Å². The minimum Gasteiger partial charge on any atom is -0.475 e. The topological polar surface area (TPSA) is 67.8 Å². The molecule has 20 heavy (non-hydrogen) atoms. The molecule has 0 aromatic carbocycles. The fourth-order valence-electron chi connectivity index (χ4n) is 1.55. The molecule has 2 N–H and O–H groups in total. The van der Waals surface area contributed by atoms with Gasteiger partial charge in [-0.25, -0.2) is 4.98 Å². The lowest BCUT2D eigenvalue weighted by Crippen LogP contribution is -2.37. The van der Waals surface area contributed by atoms with E-state index in [4.69, 9.17) is 9.47 Å². The average Bonchev–Trinajstić information content (AvgIpc) is 2.49. The monoisotopic (exact) mass is 280 g/mol. The minimum atomic E-state index is 0.489. The van der Waals surface area contributed by atoms with Crippen molar-refractivity contribution in [2.24, 2.45) is 4.99 Å². The zero-order chi connectivity index (χ0) is 14.6. The molecule has 0 amide bonds. The van der Waals surface area contributed by atoms with Gasteiger partial charge < -0.3 is 20.1 Å². The van der Waals surface area contributed by atoms with Gasteiger partial charge >= 0.3 is 0 Å². The molecule has 0 spiro atoms. The van der Waals surface area contributed by atoms with Gasteiger partial charge in [-0.15, -0.1) is 0 Å². The largest absolute Gasteiger partial charge is 0.475 e. The Balaban J connectivity index is 2.53. The summed E-state index contributed by atoms with van der Waals surface area (Å²) >= 11 is 0. The maximum atomic E-state index is 5.59. The highest BCUT2D eigenvalue weighted by molar-refractivity contribution is 5.79. The first-order valence-electron chi connectivity index (χ1n) is 6.82. The lowest BCUT2D eigenvalue weighted by molar-refractivity contribution is 0.143. The highest BCUT2D eigenvalue weighted by Crippen LogP contribution is 2.13. The van der Waals surface area contributed by atoms with E-state index in [-0.39, 0.29) is 0 Å². The van der Waals surface area contributed by atoms with Crippen molar-refractivity contribution in [1.82, 2.24) is 15.6 Å². The number of hydrogen-bond acceptors (Lipinski definition) is 4. The van der Waals surface area contributed by atoms with Crippen LogP contribution in [-0.2, 0) is 11.3 Å². The Morgan fingerprint density at radius 3 is 2.90 bits per heavy atom. The summed E-state index contributed by atoms with van der Waals surface area (Å²) in [6, 6.07) is 3.87. The third kappa shape index (κ3) is 5.88. The first-order chi connectivity index (χ1) is 9.81. The number of ether oxygens (including phenoxy) is 2. The molecule has 1 heterocycles. The van der Waals surface area contributed by atoms with Gasteiger partial charge in [-0.05, 0) is 12.5 Å². The molecule has 0 bridgehead atoms. The molecule has 0 radical (unpaired) electrons. The molecule has 6 heteroatoms. The summed E-state index contributed by atoms with van der Waals surface area (Å²) in [6.07, 6.45) is 2.77. The number of pyridine rings is 1. The number of aromatic nitrogens is 1. The van der Waals surface area contributed by atoms with Crippen molar-refractivity contribution in [1.29, 1.82) is 0 Å². The fraction of sp³-hybridized carbons (Fsp3) is 0.571. The van der Waals surface area contributed by atoms with Crippen LogP contribution in [0.5, 0.6) is 5.88 Å². The Kier molecular flexibility index (Phi) is 8.14. The Hall–Kier alpha value is -1.82. The molecule has 0 aliphatic heterocycles. The van der Waals surface area contributed by atoms with Crippen molar-refractivity contribution < 1.29 is 9.47 Å². The van der Waals surface area contributed by atoms with Crippen LogP contribution < -0.4 is 15.4 Å². The summed E-state index contributed by atoms with van der Waals surface area (Å²) in [7, 11) is 3.40. The molecule has 0 atom stereocenters. The average molecular weight is 280 g/mol. The normalized spacial score (nSPS) is 11.2. The smallest absolute Gasteiger partial charge is 0.218 e. The van der Waals surface area contributed by atoms with E-state index in [0.29, 0.717) is 25.6 Å². The van der Waals surface area contributed by atoms with Crippen LogP contribution in [-0.4, -0.2) is 44.9 Å². The molecule has 0 unspecified atom stereocenters. The van der Waals surface area contributed by atoms with Gasteiger partial charge in [0.15, 0.2) is 5.96 Å². The summed E-state index contributed by atoms with van der Waals surface area (Å²) in [5.74, 6) is 1.40. The molecule has 0 aliphatic rings. The van der Waals surface area contributed by atoms with Crippen molar-refractivity contribution in [2.45, 2.75) is 19.9 Å².